The van der Waals surface area contributed by atoms with Crippen LogP contribution in [0.15, 0.2) is 18.2 Å². The number of ether oxygens (including phenoxy) is 1. The van der Waals surface area contributed by atoms with Crippen LogP contribution in [-0.4, -0.2) is 32.6 Å². The van der Waals surface area contributed by atoms with E-state index in [0.717, 1.165) is 0 Å². The van der Waals surface area contributed by atoms with Crippen molar-refractivity contribution in [1.29, 1.82) is 0 Å². The summed E-state index contributed by atoms with van der Waals surface area (Å²) in [4.78, 5) is 13.0. The summed E-state index contributed by atoms with van der Waals surface area (Å²) < 4.78 is 29.6. The monoisotopic (exact) mass is 258 g/mol. The molecule has 0 heterocycles. The topological polar surface area (TPSA) is 55.6 Å². The van der Waals surface area contributed by atoms with E-state index in [1.165, 1.54) is 24.1 Å². The van der Waals surface area contributed by atoms with Crippen LogP contribution in [0.3, 0.4) is 0 Å². The number of halogens is 2. The van der Waals surface area contributed by atoms with Crippen LogP contribution in [0.4, 0.5) is 20.2 Å². The van der Waals surface area contributed by atoms with E-state index in [1.54, 1.807) is 13.0 Å². The lowest BCUT2D eigenvalue weighted by Gasteiger charge is -2.21. The lowest BCUT2D eigenvalue weighted by Crippen LogP contribution is -2.26. The van der Waals surface area contributed by atoms with Crippen molar-refractivity contribution in [2.75, 3.05) is 30.8 Å². The molecule has 4 nitrogen and oxygen atoms in total. The Balaban J connectivity index is 3.06. The number of benzene rings is 1. The van der Waals surface area contributed by atoms with Crippen LogP contribution in [0.5, 0.6) is 0 Å². The maximum absolute atomic E-state index is 12.3. The maximum atomic E-state index is 12.3. The second-order valence-electron chi connectivity index (χ2n) is 3.77. The molecule has 0 radical (unpaired) electrons. The molecule has 0 saturated heterocycles. The number of nitrogens with zero attached hydrogens (tertiary/aromatic N) is 1. The number of anilines is 2. The van der Waals surface area contributed by atoms with Crippen molar-refractivity contribution in [1.82, 2.24) is 0 Å². The van der Waals surface area contributed by atoms with E-state index < -0.39 is 18.9 Å². The van der Waals surface area contributed by atoms with Gasteiger partial charge in [-0.1, -0.05) is 0 Å². The van der Waals surface area contributed by atoms with Gasteiger partial charge in [-0.25, -0.2) is 13.6 Å². The Bertz CT molecular complexity index is 425. The Morgan fingerprint density at radius 2 is 2.17 bits per heavy atom. The first-order chi connectivity index (χ1) is 8.45. The zero-order valence-corrected chi connectivity index (χ0v) is 10.3. The summed E-state index contributed by atoms with van der Waals surface area (Å²) in [6, 6.07) is 4.51. The Labute approximate surface area is 104 Å². The molecule has 2 N–H and O–H groups in total. The third-order valence-electron chi connectivity index (χ3n) is 2.34. The Morgan fingerprint density at radius 1 is 1.50 bits per heavy atom. The third-order valence-corrected chi connectivity index (χ3v) is 2.34. The number of rotatable bonds is 5. The van der Waals surface area contributed by atoms with E-state index in [4.69, 9.17) is 10.5 Å². The molecule has 0 aliphatic heterocycles. The molecule has 1 aromatic carbocycles. The van der Waals surface area contributed by atoms with Gasteiger partial charge in [0, 0.05) is 12.7 Å². The van der Waals surface area contributed by atoms with Gasteiger partial charge >= 0.3 is 5.97 Å². The van der Waals surface area contributed by atoms with Crippen molar-refractivity contribution in [3.05, 3.63) is 23.8 Å². The highest BCUT2D eigenvalue weighted by atomic mass is 19.3. The number of hydrogen-bond donors (Lipinski definition) is 1. The van der Waals surface area contributed by atoms with Crippen LogP contribution in [0.2, 0.25) is 0 Å². The lowest BCUT2D eigenvalue weighted by molar-refractivity contribution is 0.0526. The van der Waals surface area contributed by atoms with E-state index in [0.29, 0.717) is 11.4 Å². The number of hydrogen-bond acceptors (Lipinski definition) is 4. The van der Waals surface area contributed by atoms with Gasteiger partial charge in [-0.3, -0.25) is 0 Å². The third kappa shape index (κ3) is 3.58. The van der Waals surface area contributed by atoms with E-state index in [-0.39, 0.29) is 12.2 Å². The Kier molecular flexibility index (Phi) is 4.88. The molecule has 1 rings (SSSR count). The number of nitrogen functional groups attached to an aromatic ring is 1. The summed E-state index contributed by atoms with van der Waals surface area (Å²) in [5.74, 6) is -0.569. The number of carbonyl (C=O) groups is 1. The first-order valence-corrected chi connectivity index (χ1v) is 5.51. The standard InChI is InChI=1S/C12H16F2N2O2/c1-3-18-12(17)9-6-8(15)4-5-10(9)16(2)7-11(13)14/h4-6,11H,3,7,15H2,1-2H3. The van der Waals surface area contributed by atoms with Gasteiger partial charge in [0.05, 0.1) is 24.4 Å². The summed E-state index contributed by atoms with van der Waals surface area (Å²) in [5, 5.41) is 0. The number of alkyl halides is 2. The fourth-order valence-electron chi connectivity index (χ4n) is 1.56. The zero-order chi connectivity index (χ0) is 13.7. The molecule has 0 unspecified atom stereocenters. The summed E-state index contributed by atoms with van der Waals surface area (Å²) in [5.41, 5.74) is 6.54. The molecule has 0 atom stereocenters. The van der Waals surface area contributed by atoms with Crippen LogP contribution >= 0.6 is 0 Å². The van der Waals surface area contributed by atoms with E-state index in [9.17, 15) is 13.6 Å². The van der Waals surface area contributed by atoms with Crippen molar-refractivity contribution in [2.45, 2.75) is 13.3 Å². The van der Waals surface area contributed by atoms with E-state index in [2.05, 4.69) is 0 Å². The molecule has 0 bridgehead atoms. The van der Waals surface area contributed by atoms with Gasteiger partial charge in [-0.15, -0.1) is 0 Å². The molecule has 1 aromatic rings. The molecule has 0 saturated carbocycles. The van der Waals surface area contributed by atoms with Gasteiger partial charge in [-0.2, -0.15) is 0 Å². The van der Waals surface area contributed by atoms with Crippen LogP contribution in [0.1, 0.15) is 17.3 Å². The Hall–Kier alpha value is -1.85. The van der Waals surface area contributed by atoms with Crippen molar-refractivity contribution >= 4 is 17.3 Å². The molecular formula is C12H16F2N2O2. The average Bonchev–Trinajstić information content (AvgIpc) is 2.28. The van der Waals surface area contributed by atoms with Crippen LogP contribution in [-0.2, 0) is 4.74 Å². The normalized spacial score (nSPS) is 10.5. The lowest BCUT2D eigenvalue weighted by atomic mass is 10.1. The maximum Gasteiger partial charge on any atom is 0.340 e. The SMILES string of the molecule is CCOC(=O)c1cc(N)ccc1N(C)CC(F)F. The molecule has 0 aliphatic carbocycles. The summed E-state index contributed by atoms with van der Waals surface area (Å²) in [6.07, 6.45) is -2.48. The Morgan fingerprint density at radius 3 is 2.72 bits per heavy atom. The van der Waals surface area contributed by atoms with Crippen LogP contribution in [0.25, 0.3) is 0 Å². The fraction of sp³-hybridized carbons (Fsp3) is 0.417. The van der Waals surface area contributed by atoms with Crippen molar-refractivity contribution < 1.29 is 18.3 Å². The van der Waals surface area contributed by atoms with Crippen molar-refractivity contribution in [3.8, 4) is 0 Å². The zero-order valence-electron chi connectivity index (χ0n) is 10.3. The molecule has 100 valence electrons. The second-order valence-corrected chi connectivity index (χ2v) is 3.77. The van der Waals surface area contributed by atoms with Crippen molar-refractivity contribution in [3.63, 3.8) is 0 Å². The first kappa shape index (κ1) is 14.2. The highest BCUT2D eigenvalue weighted by Gasteiger charge is 2.18. The molecule has 0 spiro atoms. The van der Waals surface area contributed by atoms with E-state index in [1.807, 2.05) is 0 Å². The van der Waals surface area contributed by atoms with Gasteiger partial charge in [0.25, 0.3) is 6.43 Å². The van der Waals surface area contributed by atoms with Gasteiger partial charge in [0.15, 0.2) is 0 Å². The average molecular weight is 258 g/mol. The summed E-state index contributed by atoms with van der Waals surface area (Å²) in [7, 11) is 1.49. The highest BCUT2D eigenvalue weighted by molar-refractivity contribution is 5.97. The largest absolute Gasteiger partial charge is 0.462 e. The minimum absolute atomic E-state index is 0.194. The van der Waals surface area contributed by atoms with Crippen LogP contribution in [0, 0.1) is 0 Å². The predicted octanol–water partition coefficient (Wildman–Crippen LogP) is 2.15. The molecule has 0 amide bonds. The van der Waals surface area contributed by atoms with E-state index >= 15 is 0 Å². The highest BCUT2D eigenvalue weighted by Crippen LogP contribution is 2.23. The molecular weight excluding hydrogens is 242 g/mol. The number of esters is 1. The quantitative estimate of drug-likeness (QED) is 0.649. The molecule has 18 heavy (non-hydrogen) atoms. The second kappa shape index (κ2) is 6.18. The smallest absolute Gasteiger partial charge is 0.340 e. The summed E-state index contributed by atoms with van der Waals surface area (Å²) in [6.45, 7) is 1.43. The number of nitrogens with two attached hydrogens (primary N) is 1. The number of carbonyl (C=O) groups excluding carboxylic acids is 1. The molecule has 6 heteroatoms. The van der Waals surface area contributed by atoms with Crippen molar-refractivity contribution in [2.24, 2.45) is 0 Å². The van der Waals surface area contributed by atoms with Gasteiger partial charge < -0.3 is 15.4 Å². The molecule has 0 aliphatic rings. The fourth-order valence-corrected chi connectivity index (χ4v) is 1.56. The van der Waals surface area contributed by atoms with Crippen LogP contribution < -0.4 is 10.6 Å². The summed E-state index contributed by atoms with van der Waals surface area (Å²) >= 11 is 0. The van der Waals surface area contributed by atoms with Gasteiger partial charge in [0.2, 0.25) is 0 Å². The minimum Gasteiger partial charge on any atom is -0.462 e. The van der Waals surface area contributed by atoms with Gasteiger partial charge in [0.1, 0.15) is 0 Å². The molecule has 0 aromatic heterocycles. The molecule has 0 fully saturated rings. The predicted molar refractivity (Wildman–Crippen MR) is 66.1 cm³/mol. The first-order valence-electron chi connectivity index (χ1n) is 5.51. The van der Waals surface area contributed by atoms with Gasteiger partial charge in [-0.05, 0) is 25.1 Å². The minimum atomic E-state index is -2.48.